The highest BCUT2D eigenvalue weighted by Crippen LogP contribution is 2.26. The molecule has 4 nitrogen and oxygen atoms in total. The molecule has 0 N–H and O–H groups in total. The van der Waals surface area contributed by atoms with Crippen LogP contribution in [0.5, 0.6) is 0 Å². The second kappa shape index (κ2) is 6.20. The number of esters is 1. The van der Waals surface area contributed by atoms with E-state index in [2.05, 4.69) is 4.98 Å². The van der Waals surface area contributed by atoms with Crippen LogP contribution < -0.4 is 0 Å². The fraction of sp³-hybridized carbons (Fsp3) is 0.125. The minimum Gasteiger partial charge on any atom is -0.462 e. The number of fused-ring (bicyclic) bond motifs is 1. The summed E-state index contributed by atoms with van der Waals surface area (Å²) in [5.41, 5.74) is 1.41. The van der Waals surface area contributed by atoms with E-state index in [4.69, 9.17) is 4.74 Å². The summed E-state index contributed by atoms with van der Waals surface area (Å²) in [6.07, 6.45) is 1.28. The van der Waals surface area contributed by atoms with Crippen LogP contribution in [0.4, 0.5) is 8.63 Å². The molecule has 7 heteroatoms. The predicted molar refractivity (Wildman–Crippen MR) is 84.5 cm³/mol. The van der Waals surface area contributed by atoms with Crippen LogP contribution in [0, 0.1) is 0 Å². The highest BCUT2D eigenvalue weighted by Gasteiger charge is 2.22. The number of para-hydroxylation sites is 1. The maximum Gasteiger partial charge on any atom is 0.677 e. The number of benzene rings is 1. The minimum atomic E-state index is -2.68. The highest BCUT2D eigenvalue weighted by atomic mass is 19.2. The zero-order valence-electron chi connectivity index (χ0n) is 12.4. The van der Waals surface area contributed by atoms with Gasteiger partial charge in [-0.05, 0) is 37.4 Å². The average molecular weight is 314 g/mol. The lowest BCUT2D eigenvalue weighted by Crippen LogP contribution is -2.13. The van der Waals surface area contributed by atoms with Crippen molar-refractivity contribution in [1.29, 1.82) is 0 Å². The SMILES string of the molecule is CCOC(=O)c1cc(-c2cccn2B(F)F)nc2ccccc12. The predicted octanol–water partition coefficient (Wildman–Crippen LogP) is 3.65. The first kappa shape index (κ1) is 15.2. The van der Waals surface area contributed by atoms with Crippen molar-refractivity contribution in [3.63, 3.8) is 0 Å². The molecular formula is C16H13BF2N2O2. The van der Waals surface area contributed by atoms with Gasteiger partial charge in [-0.2, -0.15) is 0 Å². The Morgan fingerprint density at radius 2 is 2.04 bits per heavy atom. The number of carbonyl (C=O) groups excluding carboxylic acids is 1. The van der Waals surface area contributed by atoms with Crippen molar-refractivity contribution in [2.75, 3.05) is 6.61 Å². The summed E-state index contributed by atoms with van der Waals surface area (Å²) in [7, 11) is -2.68. The quantitative estimate of drug-likeness (QED) is 0.545. The second-order valence-corrected chi connectivity index (χ2v) is 4.87. The maximum absolute atomic E-state index is 13.1. The van der Waals surface area contributed by atoms with Crippen molar-refractivity contribution in [3.8, 4) is 11.4 Å². The van der Waals surface area contributed by atoms with Gasteiger partial charge < -0.3 is 9.21 Å². The molecule has 0 bridgehead atoms. The van der Waals surface area contributed by atoms with Gasteiger partial charge >= 0.3 is 13.4 Å². The van der Waals surface area contributed by atoms with Crippen molar-refractivity contribution in [2.45, 2.75) is 6.92 Å². The third kappa shape index (κ3) is 2.82. The van der Waals surface area contributed by atoms with Gasteiger partial charge in [-0.3, -0.25) is 8.63 Å². The first-order valence-electron chi connectivity index (χ1n) is 7.14. The Morgan fingerprint density at radius 3 is 2.78 bits per heavy atom. The summed E-state index contributed by atoms with van der Waals surface area (Å²) in [5, 5.41) is 0.629. The van der Waals surface area contributed by atoms with Gasteiger partial charge in [-0.15, -0.1) is 0 Å². The van der Waals surface area contributed by atoms with Gasteiger partial charge in [0.15, 0.2) is 0 Å². The molecule has 0 radical (unpaired) electrons. The molecule has 1 aromatic carbocycles. The molecule has 2 heterocycles. The Labute approximate surface area is 131 Å². The Hall–Kier alpha value is -2.70. The minimum absolute atomic E-state index is 0.234. The van der Waals surface area contributed by atoms with Crippen molar-refractivity contribution in [3.05, 3.63) is 54.2 Å². The highest BCUT2D eigenvalue weighted by molar-refractivity contribution is 6.41. The zero-order valence-corrected chi connectivity index (χ0v) is 12.4. The summed E-state index contributed by atoms with van der Waals surface area (Å²) < 4.78 is 32.0. The number of pyridine rings is 1. The summed E-state index contributed by atoms with van der Waals surface area (Å²) in [5.74, 6) is -0.498. The molecule has 0 unspecified atom stereocenters. The van der Waals surface area contributed by atoms with Gasteiger partial charge in [0.1, 0.15) is 0 Å². The number of halogens is 2. The molecule has 0 amide bonds. The topological polar surface area (TPSA) is 44.1 Å². The molecule has 116 valence electrons. The molecule has 0 aliphatic carbocycles. The van der Waals surface area contributed by atoms with Gasteiger partial charge in [0, 0.05) is 5.39 Å². The molecule has 0 aliphatic rings. The van der Waals surface area contributed by atoms with Gasteiger partial charge in [0.05, 0.1) is 29.1 Å². The van der Waals surface area contributed by atoms with E-state index >= 15 is 0 Å². The Balaban J connectivity index is 2.22. The van der Waals surface area contributed by atoms with Crippen molar-refractivity contribution < 1.29 is 18.2 Å². The van der Waals surface area contributed by atoms with Gasteiger partial charge in [0.2, 0.25) is 0 Å². The van der Waals surface area contributed by atoms with E-state index in [1.54, 1.807) is 31.2 Å². The van der Waals surface area contributed by atoms with Gasteiger partial charge in [-0.25, -0.2) is 9.78 Å². The molecule has 0 spiro atoms. The molecule has 3 aromatic rings. The first-order chi connectivity index (χ1) is 11.1. The number of aromatic nitrogens is 2. The number of rotatable bonds is 4. The lowest BCUT2D eigenvalue weighted by atomic mass is 10.1. The number of ether oxygens (including phenoxy) is 1. The fourth-order valence-corrected chi connectivity index (χ4v) is 2.47. The summed E-state index contributed by atoms with van der Waals surface area (Å²) in [6, 6.07) is 11.6. The third-order valence-electron chi connectivity index (χ3n) is 3.46. The lowest BCUT2D eigenvalue weighted by molar-refractivity contribution is 0.0528. The number of nitrogens with zero attached hydrogens (tertiary/aromatic N) is 2. The van der Waals surface area contributed by atoms with Crippen LogP contribution in [-0.2, 0) is 4.74 Å². The molecule has 0 fully saturated rings. The standard InChI is InChI=1S/C16H13BF2N2O2/c1-2-23-16(22)12-10-14(15-8-5-9-21(15)17(18)19)20-13-7-4-3-6-11(12)13/h3-10H,2H2,1H3. The molecule has 23 heavy (non-hydrogen) atoms. The van der Waals surface area contributed by atoms with Crippen molar-refractivity contribution in [1.82, 2.24) is 9.46 Å². The van der Waals surface area contributed by atoms with Crippen molar-refractivity contribution >= 4 is 24.3 Å². The zero-order chi connectivity index (χ0) is 16.4. The van der Waals surface area contributed by atoms with Crippen molar-refractivity contribution in [2.24, 2.45) is 0 Å². The van der Waals surface area contributed by atoms with E-state index in [1.165, 1.54) is 24.4 Å². The maximum atomic E-state index is 13.1. The van der Waals surface area contributed by atoms with E-state index in [1.807, 2.05) is 0 Å². The third-order valence-corrected chi connectivity index (χ3v) is 3.46. The normalized spacial score (nSPS) is 10.7. The Kier molecular flexibility index (Phi) is 4.10. The first-order valence-corrected chi connectivity index (χ1v) is 7.14. The van der Waals surface area contributed by atoms with E-state index in [9.17, 15) is 13.4 Å². The largest absolute Gasteiger partial charge is 0.677 e. The number of hydrogen-bond donors (Lipinski definition) is 0. The van der Waals surface area contributed by atoms with Gasteiger partial charge in [0.25, 0.3) is 0 Å². The Morgan fingerprint density at radius 1 is 1.26 bits per heavy atom. The Bertz CT molecular complexity index is 864. The summed E-state index contributed by atoms with van der Waals surface area (Å²) in [4.78, 5) is 16.6. The van der Waals surface area contributed by atoms with Crippen LogP contribution in [-0.4, -0.2) is 29.4 Å². The van der Waals surface area contributed by atoms with Crippen LogP contribution >= 0.6 is 0 Å². The average Bonchev–Trinajstić information content (AvgIpc) is 3.04. The van der Waals surface area contributed by atoms with Crippen LogP contribution in [0.25, 0.3) is 22.3 Å². The smallest absolute Gasteiger partial charge is 0.462 e. The lowest BCUT2D eigenvalue weighted by Gasteiger charge is -2.10. The summed E-state index contributed by atoms with van der Waals surface area (Å²) >= 11 is 0. The van der Waals surface area contributed by atoms with E-state index in [0.717, 1.165) is 4.48 Å². The monoisotopic (exact) mass is 314 g/mol. The molecule has 0 atom stereocenters. The van der Waals surface area contributed by atoms with E-state index in [0.29, 0.717) is 22.2 Å². The second-order valence-electron chi connectivity index (χ2n) is 4.87. The van der Waals surface area contributed by atoms with Crippen LogP contribution in [0.1, 0.15) is 17.3 Å². The molecular weight excluding hydrogens is 301 g/mol. The van der Waals surface area contributed by atoms with E-state index in [-0.39, 0.29) is 12.3 Å². The van der Waals surface area contributed by atoms with Gasteiger partial charge in [-0.1, -0.05) is 18.2 Å². The van der Waals surface area contributed by atoms with Crippen LogP contribution in [0.2, 0.25) is 0 Å². The number of hydrogen-bond acceptors (Lipinski definition) is 3. The molecule has 0 aliphatic heterocycles. The summed E-state index contributed by atoms with van der Waals surface area (Å²) in [6.45, 7) is 1.95. The number of carbonyl (C=O) groups is 1. The van der Waals surface area contributed by atoms with Crippen LogP contribution in [0.3, 0.4) is 0 Å². The van der Waals surface area contributed by atoms with E-state index < -0.39 is 13.4 Å². The molecule has 0 saturated carbocycles. The van der Waals surface area contributed by atoms with Crippen LogP contribution in [0.15, 0.2) is 48.7 Å². The molecule has 2 aromatic heterocycles. The molecule has 0 saturated heterocycles. The molecule has 3 rings (SSSR count). The fourth-order valence-electron chi connectivity index (χ4n) is 2.47.